The van der Waals surface area contributed by atoms with Crippen LogP contribution in [0.25, 0.3) is 0 Å². The summed E-state index contributed by atoms with van der Waals surface area (Å²) in [6.45, 7) is 1.86. The summed E-state index contributed by atoms with van der Waals surface area (Å²) in [7, 11) is 0. The summed E-state index contributed by atoms with van der Waals surface area (Å²) in [5.41, 5.74) is -1.52. The van der Waals surface area contributed by atoms with E-state index >= 15 is 0 Å². The van der Waals surface area contributed by atoms with Gasteiger partial charge in [-0.1, -0.05) is 29.8 Å². The Hall–Kier alpha value is -2.74. The molecule has 2 heterocycles. The fraction of sp³-hybridized carbons (Fsp3) is 0.278. The monoisotopic (exact) mass is 363 g/mol. The number of amides is 1. The molecular formula is C18H16F3N3O2. The van der Waals surface area contributed by atoms with E-state index in [1.54, 1.807) is 24.3 Å². The number of hydrogen-bond donors (Lipinski definition) is 1. The molecule has 0 radical (unpaired) electrons. The summed E-state index contributed by atoms with van der Waals surface area (Å²) < 4.78 is 40.5. The summed E-state index contributed by atoms with van der Waals surface area (Å²) in [6.07, 6.45) is -3.37. The van der Waals surface area contributed by atoms with Crippen molar-refractivity contribution in [2.45, 2.75) is 31.7 Å². The number of alkyl halides is 3. The molecule has 1 aromatic heterocycles. The number of aliphatic hydroxyl groups is 1. The number of carbonyl (C=O) groups is 1. The summed E-state index contributed by atoms with van der Waals surface area (Å²) in [5, 5.41) is 14.2. The first-order chi connectivity index (χ1) is 12.2. The Morgan fingerprint density at radius 3 is 2.38 bits per heavy atom. The number of carbonyl (C=O) groups excluding carboxylic acids is 1. The van der Waals surface area contributed by atoms with Crippen molar-refractivity contribution in [2.24, 2.45) is 5.10 Å². The minimum absolute atomic E-state index is 0.0236. The lowest BCUT2D eigenvalue weighted by Crippen LogP contribution is -2.57. The highest BCUT2D eigenvalue weighted by Gasteiger charge is 2.63. The molecule has 0 saturated carbocycles. The second kappa shape index (κ2) is 6.53. The molecule has 5 nitrogen and oxygen atoms in total. The van der Waals surface area contributed by atoms with Gasteiger partial charge in [-0.25, -0.2) is 0 Å². The first kappa shape index (κ1) is 18.1. The van der Waals surface area contributed by atoms with Gasteiger partial charge in [0.25, 0.3) is 5.72 Å². The number of aryl methyl sites for hydroxylation is 1. The van der Waals surface area contributed by atoms with Crippen molar-refractivity contribution in [2.75, 3.05) is 0 Å². The van der Waals surface area contributed by atoms with E-state index in [2.05, 4.69) is 10.1 Å². The van der Waals surface area contributed by atoms with Gasteiger partial charge in [0.1, 0.15) is 0 Å². The highest BCUT2D eigenvalue weighted by atomic mass is 19.4. The van der Waals surface area contributed by atoms with Gasteiger partial charge in [0.05, 0.1) is 18.6 Å². The predicted molar refractivity (Wildman–Crippen MR) is 88.1 cm³/mol. The second-order valence-electron chi connectivity index (χ2n) is 6.14. The van der Waals surface area contributed by atoms with E-state index in [0.29, 0.717) is 11.1 Å². The summed E-state index contributed by atoms with van der Waals surface area (Å²) >= 11 is 0. The van der Waals surface area contributed by atoms with Crippen molar-refractivity contribution < 1.29 is 23.1 Å². The van der Waals surface area contributed by atoms with E-state index in [1.807, 2.05) is 6.92 Å². The lowest BCUT2D eigenvalue weighted by molar-refractivity contribution is -0.302. The normalized spacial score (nSPS) is 20.2. The third kappa shape index (κ3) is 3.32. The standard InChI is InChI=1S/C18H16F3N3O2/c1-12-2-4-13(5-3-12)10-16(25)24-17(26,18(19,20)21)11-15(23-24)14-6-8-22-9-7-14/h2-9,26H,10-11H2,1H3/t17-/m0/s1. The van der Waals surface area contributed by atoms with Crippen LogP contribution in [0.5, 0.6) is 0 Å². The lowest BCUT2D eigenvalue weighted by Gasteiger charge is -2.32. The Morgan fingerprint density at radius 1 is 1.19 bits per heavy atom. The fourth-order valence-electron chi connectivity index (χ4n) is 2.69. The molecule has 1 aromatic carbocycles. The zero-order valence-electron chi connectivity index (χ0n) is 13.9. The molecule has 2 aromatic rings. The van der Waals surface area contributed by atoms with Crippen molar-refractivity contribution in [1.29, 1.82) is 0 Å². The fourth-order valence-corrected chi connectivity index (χ4v) is 2.69. The molecule has 0 unspecified atom stereocenters. The Morgan fingerprint density at radius 2 is 1.81 bits per heavy atom. The average molecular weight is 363 g/mol. The number of pyridine rings is 1. The zero-order chi connectivity index (χ0) is 18.9. The number of hydrazone groups is 1. The van der Waals surface area contributed by atoms with Crippen LogP contribution in [0.3, 0.4) is 0 Å². The quantitative estimate of drug-likeness (QED) is 0.912. The third-order valence-corrected chi connectivity index (χ3v) is 4.16. The molecule has 0 spiro atoms. The minimum Gasteiger partial charge on any atom is -0.362 e. The predicted octanol–water partition coefficient (Wildman–Crippen LogP) is 2.82. The minimum atomic E-state index is -5.05. The number of rotatable bonds is 3. The van der Waals surface area contributed by atoms with Gasteiger partial charge < -0.3 is 5.11 Å². The summed E-state index contributed by atoms with van der Waals surface area (Å²) in [5.74, 6) is -0.933. The molecule has 1 amide bonds. The molecule has 0 fully saturated rings. The van der Waals surface area contributed by atoms with Crippen LogP contribution >= 0.6 is 0 Å². The SMILES string of the molecule is Cc1ccc(CC(=O)N2N=C(c3ccncc3)C[C@]2(O)C(F)(F)F)cc1. The van der Waals surface area contributed by atoms with Crippen molar-refractivity contribution >= 4 is 11.6 Å². The van der Waals surface area contributed by atoms with E-state index in [9.17, 15) is 23.1 Å². The van der Waals surface area contributed by atoms with Crippen LogP contribution in [0, 0.1) is 6.92 Å². The van der Waals surface area contributed by atoms with Gasteiger partial charge in [0.2, 0.25) is 5.91 Å². The average Bonchev–Trinajstić information content (AvgIpc) is 2.97. The Balaban J connectivity index is 1.93. The van der Waals surface area contributed by atoms with Crippen LogP contribution in [-0.4, -0.2) is 38.6 Å². The Kier molecular flexibility index (Phi) is 4.53. The smallest absolute Gasteiger partial charge is 0.362 e. The number of hydrogen-bond acceptors (Lipinski definition) is 4. The number of aromatic nitrogens is 1. The van der Waals surface area contributed by atoms with Crippen molar-refractivity contribution in [3.05, 3.63) is 65.5 Å². The first-order valence-electron chi connectivity index (χ1n) is 7.86. The van der Waals surface area contributed by atoms with Crippen LogP contribution in [0.2, 0.25) is 0 Å². The molecule has 8 heteroatoms. The maximum atomic E-state index is 13.5. The number of nitrogens with zero attached hydrogens (tertiary/aromatic N) is 3. The molecule has 26 heavy (non-hydrogen) atoms. The molecule has 3 rings (SSSR count). The van der Waals surface area contributed by atoms with E-state index < -0.39 is 24.2 Å². The van der Waals surface area contributed by atoms with Crippen LogP contribution in [0.1, 0.15) is 23.1 Å². The van der Waals surface area contributed by atoms with Crippen LogP contribution in [-0.2, 0) is 11.2 Å². The molecule has 1 atom stereocenters. The maximum Gasteiger partial charge on any atom is 0.438 e. The third-order valence-electron chi connectivity index (χ3n) is 4.16. The van der Waals surface area contributed by atoms with Crippen LogP contribution in [0.15, 0.2) is 53.9 Å². The van der Waals surface area contributed by atoms with Gasteiger partial charge in [-0.2, -0.15) is 23.3 Å². The summed E-state index contributed by atoms with van der Waals surface area (Å²) in [4.78, 5) is 16.3. The van der Waals surface area contributed by atoms with Gasteiger partial charge in [0.15, 0.2) is 0 Å². The van der Waals surface area contributed by atoms with E-state index in [1.165, 1.54) is 24.5 Å². The molecule has 1 aliphatic rings. The molecule has 1 aliphatic heterocycles. The van der Waals surface area contributed by atoms with Gasteiger partial charge >= 0.3 is 6.18 Å². The van der Waals surface area contributed by atoms with Crippen LogP contribution in [0.4, 0.5) is 13.2 Å². The Bertz CT molecular complexity index is 835. The highest BCUT2D eigenvalue weighted by molar-refractivity contribution is 6.03. The van der Waals surface area contributed by atoms with Gasteiger partial charge in [-0.05, 0) is 24.6 Å². The van der Waals surface area contributed by atoms with Crippen LogP contribution < -0.4 is 0 Å². The van der Waals surface area contributed by atoms with E-state index in [-0.39, 0.29) is 17.1 Å². The van der Waals surface area contributed by atoms with Gasteiger partial charge in [0, 0.05) is 18.0 Å². The van der Waals surface area contributed by atoms with E-state index in [4.69, 9.17) is 0 Å². The summed E-state index contributed by atoms with van der Waals surface area (Å²) in [6, 6.07) is 9.78. The molecule has 0 bridgehead atoms. The lowest BCUT2D eigenvalue weighted by atomic mass is 10.0. The molecule has 0 aliphatic carbocycles. The molecule has 1 N–H and O–H groups in total. The maximum absolute atomic E-state index is 13.5. The molecular weight excluding hydrogens is 347 g/mol. The van der Waals surface area contributed by atoms with Gasteiger partial charge in [-0.3, -0.25) is 9.78 Å². The molecule has 0 saturated heterocycles. The highest BCUT2D eigenvalue weighted by Crippen LogP contribution is 2.41. The zero-order valence-corrected chi connectivity index (χ0v) is 13.9. The van der Waals surface area contributed by atoms with E-state index in [0.717, 1.165) is 5.56 Å². The second-order valence-corrected chi connectivity index (χ2v) is 6.14. The van der Waals surface area contributed by atoms with Crippen molar-refractivity contribution in [1.82, 2.24) is 9.99 Å². The molecule has 136 valence electrons. The Labute approximate surface area is 147 Å². The first-order valence-corrected chi connectivity index (χ1v) is 7.86. The number of halogens is 3. The largest absolute Gasteiger partial charge is 0.438 e. The topological polar surface area (TPSA) is 65.8 Å². The van der Waals surface area contributed by atoms with Crippen molar-refractivity contribution in [3.63, 3.8) is 0 Å². The van der Waals surface area contributed by atoms with Crippen molar-refractivity contribution in [3.8, 4) is 0 Å². The number of benzene rings is 1. The van der Waals surface area contributed by atoms with Gasteiger partial charge in [-0.15, -0.1) is 0 Å².